The first-order chi connectivity index (χ1) is 9.19. The number of rotatable bonds is 6. The summed E-state index contributed by atoms with van der Waals surface area (Å²) in [7, 11) is 2.20. The SMILES string of the molecule is CCCNCc1coc(CN2CCN(C)C(C)C2)c1. The van der Waals surface area contributed by atoms with Crippen LogP contribution in [0.1, 0.15) is 31.6 Å². The van der Waals surface area contributed by atoms with Crippen molar-refractivity contribution in [2.75, 3.05) is 33.2 Å². The largest absolute Gasteiger partial charge is 0.468 e. The van der Waals surface area contributed by atoms with Gasteiger partial charge in [-0.15, -0.1) is 0 Å². The van der Waals surface area contributed by atoms with Crippen LogP contribution in [0.2, 0.25) is 0 Å². The van der Waals surface area contributed by atoms with E-state index < -0.39 is 0 Å². The van der Waals surface area contributed by atoms with E-state index in [4.69, 9.17) is 4.42 Å². The number of nitrogens with one attached hydrogen (secondary N) is 1. The lowest BCUT2D eigenvalue weighted by molar-refractivity contribution is 0.0947. The minimum absolute atomic E-state index is 0.634. The van der Waals surface area contributed by atoms with Gasteiger partial charge in [0.2, 0.25) is 0 Å². The van der Waals surface area contributed by atoms with E-state index in [1.165, 1.54) is 12.0 Å². The van der Waals surface area contributed by atoms with Crippen LogP contribution >= 0.6 is 0 Å². The number of hydrogen-bond acceptors (Lipinski definition) is 4. The van der Waals surface area contributed by atoms with E-state index in [0.717, 1.165) is 45.0 Å². The lowest BCUT2D eigenvalue weighted by Crippen LogP contribution is -2.49. The summed E-state index contributed by atoms with van der Waals surface area (Å²) in [6, 6.07) is 2.82. The monoisotopic (exact) mass is 265 g/mol. The first-order valence-electron chi connectivity index (χ1n) is 7.38. The van der Waals surface area contributed by atoms with E-state index in [9.17, 15) is 0 Å². The fraction of sp³-hybridized carbons (Fsp3) is 0.733. The molecule has 1 aromatic rings. The molecule has 1 aromatic heterocycles. The van der Waals surface area contributed by atoms with Gasteiger partial charge >= 0.3 is 0 Å². The third-order valence-corrected chi connectivity index (χ3v) is 3.89. The Hall–Kier alpha value is -0.840. The summed E-state index contributed by atoms with van der Waals surface area (Å²) in [6.07, 6.45) is 3.06. The van der Waals surface area contributed by atoms with Crippen LogP contribution in [0.4, 0.5) is 0 Å². The number of hydrogen-bond donors (Lipinski definition) is 1. The van der Waals surface area contributed by atoms with Gasteiger partial charge in [0.25, 0.3) is 0 Å². The molecule has 1 fully saturated rings. The van der Waals surface area contributed by atoms with Crippen molar-refractivity contribution in [2.24, 2.45) is 0 Å². The molecule has 0 spiro atoms. The summed E-state index contributed by atoms with van der Waals surface area (Å²) < 4.78 is 5.66. The van der Waals surface area contributed by atoms with Crippen LogP contribution in [0.15, 0.2) is 16.7 Å². The van der Waals surface area contributed by atoms with E-state index in [1.807, 2.05) is 6.26 Å². The van der Waals surface area contributed by atoms with Gasteiger partial charge in [-0.05, 0) is 33.0 Å². The second-order valence-corrected chi connectivity index (χ2v) is 5.66. The van der Waals surface area contributed by atoms with Crippen molar-refractivity contribution in [2.45, 2.75) is 39.4 Å². The van der Waals surface area contributed by atoms with Gasteiger partial charge in [-0.2, -0.15) is 0 Å². The fourth-order valence-electron chi connectivity index (χ4n) is 2.50. The molecule has 0 amide bonds. The Morgan fingerprint density at radius 3 is 3.00 bits per heavy atom. The quantitative estimate of drug-likeness (QED) is 0.796. The summed E-state index contributed by atoms with van der Waals surface area (Å²) in [6.45, 7) is 10.8. The molecule has 1 saturated heterocycles. The highest BCUT2D eigenvalue weighted by atomic mass is 16.3. The number of nitrogens with zero attached hydrogens (tertiary/aromatic N) is 2. The maximum absolute atomic E-state index is 5.66. The molecule has 0 aromatic carbocycles. The molecule has 2 rings (SSSR count). The lowest BCUT2D eigenvalue weighted by Gasteiger charge is -2.37. The van der Waals surface area contributed by atoms with E-state index in [0.29, 0.717) is 6.04 Å². The van der Waals surface area contributed by atoms with Crippen molar-refractivity contribution in [3.05, 3.63) is 23.7 Å². The van der Waals surface area contributed by atoms with Crippen molar-refractivity contribution in [3.63, 3.8) is 0 Å². The molecule has 4 nitrogen and oxygen atoms in total. The predicted molar refractivity (Wildman–Crippen MR) is 78.1 cm³/mol. The molecular weight excluding hydrogens is 238 g/mol. The molecule has 0 saturated carbocycles. The molecule has 2 heterocycles. The Morgan fingerprint density at radius 1 is 1.42 bits per heavy atom. The van der Waals surface area contributed by atoms with E-state index >= 15 is 0 Å². The zero-order chi connectivity index (χ0) is 13.7. The topological polar surface area (TPSA) is 31.7 Å². The summed E-state index contributed by atoms with van der Waals surface area (Å²) >= 11 is 0. The zero-order valence-electron chi connectivity index (χ0n) is 12.5. The summed E-state index contributed by atoms with van der Waals surface area (Å²) in [4.78, 5) is 4.89. The van der Waals surface area contributed by atoms with E-state index in [-0.39, 0.29) is 0 Å². The highest BCUT2D eigenvalue weighted by molar-refractivity contribution is 5.12. The maximum atomic E-state index is 5.66. The molecule has 1 N–H and O–H groups in total. The summed E-state index contributed by atoms with van der Waals surface area (Å²) in [5.41, 5.74) is 1.26. The van der Waals surface area contributed by atoms with E-state index in [1.54, 1.807) is 0 Å². The van der Waals surface area contributed by atoms with Gasteiger partial charge in [-0.25, -0.2) is 0 Å². The van der Waals surface area contributed by atoms with Crippen molar-refractivity contribution >= 4 is 0 Å². The third-order valence-electron chi connectivity index (χ3n) is 3.89. The smallest absolute Gasteiger partial charge is 0.118 e. The standard InChI is InChI=1S/C15H27N3O/c1-4-5-16-9-14-8-15(19-12-14)11-18-7-6-17(3)13(2)10-18/h8,12-13,16H,4-7,9-11H2,1-3H3. The molecule has 1 atom stereocenters. The van der Waals surface area contributed by atoms with Crippen LogP contribution < -0.4 is 5.32 Å². The normalized spacial score (nSPS) is 21.9. The Bertz CT molecular complexity index is 377. The molecule has 4 heteroatoms. The Labute approximate surface area is 116 Å². The minimum atomic E-state index is 0.634. The van der Waals surface area contributed by atoms with Gasteiger partial charge in [0, 0.05) is 37.8 Å². The average Bonchev–Trinajstić information content (AvgIpc) is 2.82. The highest BCUT2D eigenvalue weighted by Gasteiger charge is 2.21. The van der Waals surface area contributed by atoms with Crippen LogP contribution in [-0.2, 0) is 13.1 Å². The first kappa shape index (κ1) is 14.6. The van der Waals surface area contributed by atoms with Crippen LogP contribution in [-0.4, -0.2) is 49.1 Å². The summed E-state index contributed by atoms with van der Waals surface area (Å²) in [5, 5.41) is 3.40. The number of likely N-dealkylation sites (N-methyl/N-ethyl adjacent to an activating group) is 1. The zero-order valence-corrected chi connectivity index (χ0v) is 12.5. The van der Waals surface area contributed by atoms with Gasteiger partial charge in [-0.3, -0.25) is 4.90 Å². The molecule has 19 heavy (non-hydrogen) atoms. The number of piperazine rings is 1. The minimum Gasteiger partial charge on any atom is -0.468 e. The fourth-order valence-corrected chi connectivity index (χ4v) is 2.50. The first-order valence-corrected chi connectivity index (χ1v) is 7.38. The average molecular weight is 265 g/mol. The van der Waals surface area contributed by atoms with E-state index in [2.05, 4.69) is 42.1 Å². The van der Waals surface area contributed by atoms with Gasteiger partial charge in [0.15, 0.2) is 0 Å². The summed E-state index contributed by atoms with van der Waals surface area (Å²) in [5.74, 6) is 1.09. The van der Waals surface area contributed by atoms with Crippen LogP contribution in [0.5, 0.6) is 0 Å². The van der Waals surface area contributed by atoms with Crippen molar-refractivity contribution < 1.29 is 4.42 Å². The van der Waals surface area contributed by atoms with Gasteiger partial charge in [-0.1, -0.05) is 6.92 Å². The third kappa shape index (κ3) is 4.34. The number of furan rings is 1. The van der Waals surface area contributed by atoms with Crippen molar-refractivity contribution in [3.8, 4) is 0 Å². The second-order valence-electron chi connectivity index (χ2n) is 5.66. The van der Waals surface area contributed by atoms with Crippen LogP contribution in [0.25, 0.3) is 0 Å². The Morgan fingerprint density at radius 2 is 2.26 bits per heavy atom. The highest BCUT2D eigenvalue weighted by Crippen LogP contribution is 2.14. The molecule has 1 aliphatic heterocycles. The molecule has 0 bridgehead atoms. The lowest BCUT2D eigenvalue weighted by atomic mass is 10.2. The van der Waals surface area contributed by atoms with Gasteiger partial charge in [0.05, 0.1) is 12.8 Å². The van der Waals surface area contributed by atoms with Crippen LogP contribution in [0.3, 0.4) is 0 Å². The van der Waals surface area contributed by atoms with Gasteiger partial charge < -0.3 is 14.6 Å². The second kappa shape index (κ2) is 7.08. The Kier molecular flexibility index (Phi) is 5.43. The van der Waals surface area contributed by atoms with Crippen LogP contribution in [0, 0.1) is 0 Å². The molecular formula is C15H27N3O. The van der Waals surface area contributed by atoms with Gasteiger partial charge in [0.1, 0.15) is 5.76 Å². The molecule has 1 unspecified atom stereocenters. The molecule has 0 aliphatic carbocycles. The van der Waals surface area contributed by atoms with Crippen molar-refractivity contribution in [1.29, 1.82) is 0 Å². The predicted octanol–water partition coefficient (Wildman–Crippen LogP) is 1.92. The Balaban J connectivity index is 1.79. The maximum Gasteiger partial charge on any atom is 0.118 e. The molecule has 0 radical (unpaired) electrons. The van der Waals surface area contributed by atoms with Crippen molar-refractivity contribution in [1.82, 2.24) is 15.1 Å². The molecule has 108 valence electrons. The molecule has 1 aliphatic rings.